The van der Waals surface area contributed by atoms with Crippen molar-refractivity contribution in [2.24, 2.45) is 0 Å². The number of carbonyl (C=O) groups excluding carboxylic acids is 3. The lowest BCUT2D eigenvalue weighted by Crippen LogP contribution is -2.48. The van der Waals surface area contributed by atoms with Crippen LogP contribution in [0.2, 0.25) is 5.02 Å². The van der Waals surface area contributed by atoms with E-state index in [-0.39, 0.29) is 29.6 Å². The molecule has 0 aliphatic heterocycles. The fraction of sp³-hybridized carbons (Fsp3) is 0.120. The standard InChI is InChI=1S/C25H23ClN4O5/c26-20-11-15(13-28-23(32)17-7-4-8-18(27)12-17)9-10-19(20)24(33)30-21(25(34)35)14-29-22(31)16-5-2-1-3-6-16/h1-12,21H,13-14,27H2,(H,28,32)(H,29,31)(H,30,33)(H,34,35)/t21-/m0/s1. The fourth-order valence-electron chi connectivity index (χ4n) is 3.14. The molecule has 1 atom stereocenters. The maximum Gasteiger partial charge on any atom is 0.328 e. The van der Waals surface area contributed by atoms with Gasteiger partial charge in [-0.1, -0.05) is 41.9 Å². The first-order chi connectivity index (χ1) is 16.7. The third kappa shape index (κ3) is 7.05. The predicted molar refractivity (Wildman–Crippen MR) is 131 cm³/mol. The van der Waals surface area contributed by atoms with Gasteiger partial charge in [0, 0.05) is 29.9 Å². The second-order valence-corrected chi connectivity index (χ2v) is 7.97. The van der Waals surface area contributed by atoms with Crippen LogP contribution in [0.1, 0.15) is 36.6 Å². The molecule has 0 aliphatic carbocycles. The quantitative estimate of drug-likeness (QED) is 0.288. The monoisotopic (exact) mass is 494 g/mol. The van der Waals surface area contributed by atoms with Crippen molar-refractivity contribution in [3.63, 3.8) is 0 Å². The normalized spacial score (nSPS) is 11.2. The molecule has 3 aromatic rings. The first kappa shape index (κ1) is 25.3. The number of carbonyl (C=O) groups is 4. The number of rotatable bonds is 9. The van der Waals surface area contributed by atoms with Crippen LogP contribution in [0.3, 0.4) is 0 Å². The number of carboxylic acid groups (broad SMARTS) is 1. The van der Waals surface area contributed by atoms with Crippen LogP contribution in [0.25, 0.3) is 0 Å². The van der Waals surface area contributed by atoms with E-state index in [4.69, 9.17) is 17.3 Å². The summed E-state index contributed by atoms with van der Waals surface area (Å²) in [5.41, 5.74) is 7.62. The summed E-state index contributed by atoms with van der Waals surface area (Å²) in [6.45, 7) is -0.168. The molecule has 3 amide bonds. The molecular formula is C25H23ClN4O5. The van der Waals surface area contributed by atoms with Crippen molar-refractivity contribution in [3.05, 3.63) is 100 Å². The van der Waals surface area contributed by atoms with Gasteiger partial charge in [0.1, 0.15) is 6.04 Å². The Balaban J connectivity index is 1.59. The lowest BCUT2D eigenvalue weighted by atomic mass is 10.1. The molecule has 0 bridgehead atoms. The van der Waals surface area contributed by atoms with Crippen LogP contribution in [-0.4, -0.2) is 41.4 Å². The summed E-state index contributed by atoms with van der Waals surface area (Å²) in [7, 11) is 0. The van der Waals surface area contributed by atoms with Crippen LogP contribution in [0.5, 0.6) is 0 Å². The number of hydrogen-bond acceptors (Lipinski definition) is 5. The van der Waals surface area contributed by atoms with Gasteiger partial charge in [-0.15, -0.1) is 0 Å². The van der Waals surface area contributed by atoms with Gasteiger partial charge in [0.05, 0.1) is 10.6 Å². The largest absolute Gasteiger partial charge is 0.480 e. The number of halogens is 1. The highest BCUT2D eigenvalue weighted by Crippen LogP contribution is 2.18. The molecule has 0 fully saturated rings. The number of carboxylic acids is 1. The van der Waals surface area contributed by atoms with E-state index in [1.807, 2.05) is 0 Å². The summed E-state index contributed by atoms with van der Waals surface area (Å²) in [5.74, 6) is -2.82. The Hall–Kier alpha value is -4.37. The Kier molecular flexibility index (Phi) is 8.42. The number of amides is 3. The lowest BCUT2D eigenvalue weighted by Gasteiger charge is -2.16. The molecule has 0 radical (unpaired) electrons. The van der Waals surface area contributed by atoms with Crippen LogP contribution in [0, 0.1) is 0 Å². The summed E-state index contributed by atoms with van der Waals surface area (Å²) in [4.78, 5) is 48.7. The molecule has 0 aliphatic rings. The predicted octanol–water partition coefficient (Wildman–Crippen LogP) is 2.47. The van der Waals surface area contributed by atoms with Crippen LogP contribution >= 0.6 is 11.6 Å². The van der Waals surface area contributed by atoms with Crippen molar-refractivity contribution >= 4 is 41.0 Å². The van der Waals surface area contributed by atoms with E-state index >= 15 is 0 Å². The highest BCUT2D eigenvalue weighted by molar-refractivity contribution is 6.34. The van der Waals surface area contributed by atoms with Gasteiger partial charge in [-0.2, -0.15) is 0 Å². The number of hydrogen-bond donors (Lipinski definition) is 5. The minimum Gasteiger partial charge on any atom is -0.480 e. The molecule has 6 N–H and O–H groups in total. The van der Waals surface area contributed by atoms with E-state index in [0.717, 1.165) is 0 Å². The Labute approximate surface area is 206 Å². The summed E-state index contributed by atoms with van der Waals surface area (Å²) in [6, 6.07) is 18.0. The Morgan fingerprint density at radius 3 is 2.17 bits per heavy atom. The zero-order valence-electron chi connectivity index (χ0n) is 18.5. The van der Waals surface area contributed by atoms with Gasteiger partial charge in [-0.25, -0.2) is 4.79 Å². The van der Waals surface area contributed by atoms with Gasteiger partial charge in [-0.05, 0) is 48.0 Å². The van der Waals surface area contributed by atoms with Crippen molar-refractivity contribution < 1.29 is 24.3 Å². The maximum atomic E-state index is 12.6. The first-order valence-electron chi connectivity index (χ1n) is 10.5. The highest BCUT2D eigenvalue weighted by atomic mass is 35.5. The molecule has 0 saturated carbocycles. The molecule has 0 aromatic heterocycles. The van der Waals surface area contributed by atoms with Crippen molar-refractivity contribution in [3.8, 4) is 0 Å². The van der Waals surface area contributed by atoms with Crippen LogP contribution < -0.4 is 21.7 Å². The molecule has 0 saturated heterocycles. The van der Waals surface area contributed by atoms with Gasteiger partial charge in [0.2, 0.25) is 0 Å². The highest BCUT2D eigenvalue weighted by Gasteiger charge is 2.23. The van der Waals surface area contributed by atoms with Crippen molar-refractivity contribution in [1.29, 1.82) is 0 Å². The summed E-state index contributed by atoms with van der Waals surface area (Å²) >= 11 is 6.24. The minimum absolute atomic E-state index is 0.0539. The zero-order chi connectivity index (χ0) is 25.4. The molecule has 0 unspecified atom stereocenters. The number of nitrogen functional groups attached to an aromatic ring is 1. The topological polar surface area (TPSA) is 151 Å². The van der Waals surface area contributed by atoms with Gasteiger partial charge in [-0.3, -0.25) is 14.4 Å². The Morgan fingerprint density at radius 2 is 1.51 bits per heavy atom. The molecular weight excluding hydrogens is 472 g/mol. The zero-order valence-corrected chi connectivity index (χ0v) is 19.2. The van der Waals surface area contributed by atoms with E-state index < -0.39 is 23.8 Å². The number of aliphatic carboxylic acids is 1. The molecule has 0 heterocycles. The average Bonchev–Trinajstić information content (AvgIpc) is 2.85. The number of anilines is 1. The first-order valence-corrected chi connectivity index (χ1v) is 10.9. The maximum absolute atomic E-state index is 12.6. The van der Waals surface area contributed by atoms with Gasteiger partial charge in [0.15, 0.2) is 0 Å². The van der Waals surface area contributed by atoms with Gasteiger partial charge in [0.25, 0.3) is 17.7 Å². The summed E-state index contributed by atoms with van der Waals surface area (Å²) < 4.78 is 0. The molecule has 9 nitrogen and oxygen atoms in total. The van der Waals surface area contributed by atoms with E-state index in [2.05, 4.69) is 16.0 Å². The summed E-state index contributed by atoms with van der Waals surface area (Å²) in [5, 5.41) is 17.1. The van der Waals surface area contributed by atoms with E-state index in [1.165, 1.54) is 12.1 Å². The fourth-order valence-corrected chi connectivity index (χ4v) is 3.43. The van der Waals surface area contributed by atoms with Crippen molar-refractivity contribution in [2.75, 3.05) is 12.3 Å². The Morgan fingerprint density at radius 1 is 0.829 bits per heavy atom. The van der Waals surface area contributed by atoms with Crippen LogP contribution in [0.4, 0.5) is 5.69 Å². The third-order valence-corrected chi connectivity index (χ3v) is 5.30. The Bertz CT molecular complexity index is 1250. The number of nitrogens with two attached hydrogens (primary N) is 1. The molecule has 0 spiro atoms. The molecule has 35 heavy (non-hydrogen) atoms. The van der Waals surface area contributed by atoms with E-state index in [9.17, 15) is 24.3 Å². The van der Waals surface area contributed by atoms with Crippen LogP contribution in [0.15, 0.2) is 72.8 Å². The van der Waals surface area contributed by atoms with Gasteiger partial charge < -0.3 is 26.8 Å². The molecule has 3 aromatic carbocycles. The third-order valence-electron chi connectivity index (χ3n) is 4.99. The van der Waals surface area contributed by atoms with Gasteiger partial charge >= 0.3 is 5.97 Å². The van der Waals surface area contributed by atoms with Crippen molar-refractivity contribution in [1.82, 2.24) is 16.0 Å². The van der Waals surface area contributed by atoms with E-state index in [0.29, 0.717) is 22.4 Å². The van der Waals surface area contributed by atoms with Crippen LogP contribution in [-0.2, 0) is 11.3 Å². The smallest absolute Gasteiger partial charge is 0.328 e. The molecule has 3 rings (SSSR count). The average molecular weight is 495 g/mol. The molecule has 10 heteroatoms. The number of nitrogens with one attached hydrogen (secondary N) is 3. The van der Waals surface area contributed by atoms with E-state index in [1.54, 1.807) is 60.7 Å². The number of benzene rings is 3. The van der Waals surface area contributed by atoms with Crippen molar-refractivity contribution in [2.45, 2.75) is 12.6 Å². The SMILES string of the molecule is Nc1cccc(C(=O)NCc2ccc(C(=O)N[C@@H](CNC(=O)c3ccccc3)C(=O)O)c(Cl)c2)c1. The second kappa shape index (κ2) is 11.7. The minimum atomic E-state index is -1.37. The lowest BCUT2D eigenvalue weighted by molar-refractivity contribution is -0.139. The summed E-state index contributed by atoms with van der Waals surface area (Å²) in [6.07, 6.45) is 0. The molecule has 180 valence electrons. The second-order valence-electron chi connectivity index (χ2n) is 7.56.